The van der Waals surface area contributed by atoms with Crippen LogP contribution in [0.5, 0.6) is 0 Å². The van der Waals surface area contributed by atoms with Crippen LogP contribution in [0, 0.1) is 41.5 Å². The first-order valence-electron chi connectivity index (χ1n) is 25.7. The Morgan fingerprint density at radius 2 is 0.721 bits per heavy atom. The molecule has 0 saturated carbocycles. The standard InChI is InChI=1S/C56H80N4O6S2/c1-9-11-13-15-17-19-21-23-25-29-35-57-67(63,64)55-41(5)37-39(3)51(43(55)7)59-47-33-34-48(50-49(47)53(61)45-31-27-28-32-46(45)54(50)62)60-52-40(4)38-42(6)56(44(52)8)68(65,66)58-36-30-26-24-22-20-18-16-14-12-10-2/h27-28,31-34,37-38,57-60H,9-26,29-30,35-36H2,1-8H3. The molecule has 1 aliphatic rings. The summed E-state index contributed by atoms with van der Waals surface area (Å²) in [7, 11) is -7.78. The number of fused-ring (bicyclic) bond motifs is 2. The Labute approximate surface area is 409 Å². The number of hydrogen-bond donors (Lipinski definition) is 4. The van der Waals surface area contributed by atoms with E-state index in [0.29, 0.717) is 58.1 Å². The van der Waals surface area contributed by atoms with E-state index in [1.807, 2.05) is 26.0 Å². The minimum absolute atomic E-state index is 0.148. The Morgan fingerprint density at radius 1 is 0.412 bits per heavy atom. The van der Waals surface area contributed by atoms with Gasteiger partial charge in [0.2, 0.25) is 20.0 Å². The van der Waals surface area contributed by atoms with Gasteiger partial charge in [-0.25, -0.2) is 26.3 Å². The summed E-state index contributed by atoms with van der Waals surface area (Å²) in [4.78, 5) is 29.6. The molecular weight excluding hydrogens is 889 g/mol. The van der Waals surface area contributed by atoms with E-state index < -0.39 is 20.0 Å². The SMILES string of the molecule is CCCCCCCCCCCCNS(=O)(=O)c1c(C)cc(C)c(Nc2ccc(Nc3c(C)cc(C)c(S(=O)(=O)NCCCCCCCCCCCC)c3C)c3c2C(=O)c2ccccc2C3=O)c1C. The van der Waals surface area contributed by atoms with Crippen LogP contribution in [0.15, 0.2) is 58.3 Å². The van der Waals surface area contributed by atoms with Crippen LogP contribution in [-0.4, -0.2) is 41.5 Å². The Balaban J connectivity index is 1.38. The van der Waals surface area contributed by atoms with Crippen LogP contribution in [0.3, 0.4) is 0 Å². The van der Waals surface area contributed by atoms with Crippen LogP contribution in [0.1, 0.15) is 207 Å². The van der Waals surface area contributed by atoms with E-state index in [2.05, 4.69) is 33.9 Å². The molecule has 0 atom stereocenters. The van der Waals surface area contributed by atoms with Crippen molar-refractivity contribution in [1.29, 1.82) is 0 Å². The van der Waals surface area contributed by atoms with Crippen molar-refractivity contribution in [3.8, 4) is 0 Å². The molecule has 4 aromatic carbocycles. The van der Waals surface area contributed by atoms with Gasteiger partial charge in [-0.05, 0) is 99.9 Å². The number of anilines is 4. The zero-order valence-electron chi connectivity index (χ0n) is 42.4. The Kier molecular flexibility index (Phi) is 20.9. The molecule has 0 saturated heterocycles. The normalized spacial score (nSPS) is 12.6. The molecule has 0 aromatic heterocycles. The predicted molar refractivity (Wildman–Crippen MR) is 282 cm³/mol. The predicted octanol–water partition coefficient (Wildman–Crippen LogP) is 14.2. The van der Waals surface area contributed by atoms with Crippen LogP contribution in [0.25, 0.3) is 0 Å². The molecule has 4 N–H and O–H groups in total. The maximum Gasteiger partial charge on any atom is 0.241 e. The third-order valence-electron chi connectivity index (χ3n) is 13.6. The minimum atomic E-state index is -3.89. The summed E-state index contributed by atoms with van der Waals surface area (Å²) >= 11 is 0. The molecule has 0 spiro atoms. The zero-order valence-corrected chi connectivity index (χ0v) is 44.1. The number of nitrogens with one attached hydrogen (secondary N) is 4. The van der Waals surface area contributed by atoms with Crippen molar-refractivity contribution in [3.63, 3.8) is 0 Å². The molecule has 0 radical (unpaired) electrons. The van der Waals surface area contributed by atoms with Crippen molar-refractivity contribution < 1.29 is 26.4 Å². The summed E-state index contributed by atoms with van der Waals surface area (Å²) in [6.07, 6.45) is 23.1. The average Bonchev–Trinajstić information content (AvgIpc) is 3.29. The topological polar surface area (TPSA) is 151 Å². The van der Waals surface area contributed by atoms with Crippen LogP contribution in [0.2, 0.25) is 0 Å². The molecule has 0 aliphatic heterocycles. The number of unbranched alkanes of at least 4 members (excludes halogenated alkanes) is 18. The molecule has 12 heteroatoms. The van der Waals surface area contributed by atoms with Crippen molar-refractivity contribution in [2.45, 2.75) is 194 Å². The van der Waals surface area contributed by atoms with Crippen molar-refractivity contribution >= 4 is 54.4 Å². The molecule has 0 amide bonds. The molecule has 372 valence electrons. The molecule has 68 heavy (non-hydrogen) atoms. The first kappa shape index (κ1) is 54.6. The fourth-order valence-corrected chi connectivity index (χ4v) is 13.1. The largest absolute Gasteiger partial charge is 0.354 e. The van der Waals surface area contributed by atoms with Gasteiger partial charge < -0.3 is 10.6 Å². The van der Waals surface area contributed by atoms with Gasteiger partial charge in [-0.1, -0.05) is 166 Å². The Hall–Kier alpha value is -4.36. The highest BCUT2D eigenvalue weighted by Crippen LogP contribution is 2.42. The summed E-state index contributed by atoms with van der Waals surface area (Å²) < 4.78 is 61.5. The maximum atomic E-state index is 14.6. The van der Waals surface area contributed by atoms with Crippen LogP contribution in [0.4, 0.5) is 22.7 Å². The van der Waals surface area contributed by atoms with E-state index in [1.165, 1.54) is 77.0 Å². The first-order chi connectivity index (χ1) is 32.5. The molecule has 0 heterocycles. The molecule has 5 rings (SSSR count). The van der Waals surface area contributed by atoms with Gasteiger partial charge >= 0.3 is 0 Å². The first-order valence-corrected chi connectivity index (χ1v) is 28.6. The van der Waals surface area contributed by atoms with E-state index in [1.54, 1.807) is 64.1 Å². The molecule has 10 nitrogen and oxygen atoms in total. The summed E-state index contributed by atoms with van der Waals surface area (Å²) in [5.74, 6) is -0.710. The molecule has 1 aliphatic carbocycles. The van der Waals surface area contributed by atoms with Crippen molar-refractivity contribution in [3.05, 3.63) is 104 Å². The summed E-state index contributed by atoms with van der Waals surface area (Å²) in [6.45, 7) is 16.0. The number of carbonyl (C=O) groups is 2. The van der Waals surface area contributed by atoms with Gasteiger partial charge in [0.25, 0.3) is 0 Å². The van der Waals surface area contributed by atoms with E-state index >= 15 is 0 Å². The van der Waals surface area contributed by atoms with Gasteiger partial charge in [-0.2, -0.15) is 0 Å². The quantitative estimate of drug-likeness (QED) is 0.0332. The second-order valence-electron chi connectivity index (χ2n) is 19.2. The fourth-order valence-electron chi connectivity index (χ4n) is 10.0. The van der Waals surface area contributed by atoms with Crippen LogP contribution in [-0.2, 0) is 20.0 Å². The van der Waals surface area contributed by atoms with Crippen LogP contribution < -0.4 is 20.1 Å². The van der Waals surface area contributed by atoms with Gasteiger partial charge in [-0.15, -0.1) is 0 Å². The number of rotatable bonds is 30. The van der Waals surface area contributed by atoms with Gasteiger partial charge in [0.1, 0.15) is 0 Å². The van der Waals surface area contributed by atoms with E-state index in [0.717, 1.165) is 62.5 Å². The lowest BCUT2D eigenvalue weighted by molar-refractivity contribution is 0.0980. The van der Waals surface area contributed by atoms with E-state index in [-0.39, 0.29) is 43.6 Å². The number of ketones is 2. The molecule has 4 aromatic rings. The highest BCUT2D eigenvalue weighted by atomic mass is 32.2. The smallest absolute Gasteiger partial charge is 0.241 e. The minimum Gasteiger partial charge on any atom is -0.354 e. The van der Waals surface area contributed by atoms with Gasteiger partial charge in [0.15, 0.2) is 11.6 Å². The maximum absolute atomic E-state index is 14.6. The lowest BCUT2D eigenvalue weighted by Gasteiger charge is -2.26. The molecule has 0 unspecified atom stereocenters. The van der Waals surface area contributed by atoms with Crippen LogP contribution >= 0.6 is 0 Å². The highest BCUT2D eigenvalue weighted by molar-refractivity contribution is 7.90. The number of sulfonamides is 2. The van der Waals surface area contributed by atoms with Gasteiger partial charge in [-0.3, -0.25) is 9.59 Å². The van der Waals surface area contributed by atoms with Crippen molar-refractivity contribution in [2.24, 2.45) is 0 Å². The number of hydrogen-bond acceptors (Lipinski definition) is 8. The average molecular weight is 969 g/mol. The molecule has 0 bridgehead atoms. The van der Waals surface area contributed by atoms with E-state index in [4.69, 9.17) is 0 Å². The number of carbonyl (C=O) groups excluding carboxylic acids is 2. The number of aryl methyl sites for hydroxylation is 4. The van der Waals surface area contributed by atoms with E-state index in [9.17, 15) is 26.4 Å². The van der Waals surface area contributed by atoms with Gasteiger partial charge in [0.05, 0.1) is 32.3 Å². The second kappa shape index (κ2) is 26.0. The monoisotopic (exact) mass is 969 g/mol. The third-order valence-corrected chi connectivity index (χ3v) is 17.1. The highest BCUT2D eigenvalue weighted by Gasteiger charge is 2.35. The zero-order chi connectivity index (χ0) is 49.4. The third kappa shape index (κ3) is 13.9. The summed E-state index contributed by atoms with van der Waals surface area (Å²) in [6, 6.07) is 13.8. The Bertz CT molecular complexity index is 2430. The van der Waals surface area contributed by atoms with Crippen molar-refractivity contribution in [2.75, 3.05) is 23.7 Å². The lowest BCUT2D eigenvalue weighted by atomic mass is 9.82. The second-order valence-corrected chi connectivity index (χ2v) is 22.6. The Morgan fingerprint density at radius 3 is 1.04 bits per heavy atom. The number of benzene rings is 4. The van der Waals surface area contributed by atoms with Gasteiger partial charge in [0, 0.05) is 35.6 Å². The lowest BCUT2D eigenvalue weighted by Crippen LogP contribution is -2.27. The summed E-state index contributed by atoms with van der Waals surface area (Å²) in [5, 5.41) is 6.84. The molecular formula is C56H80N4O6S2. The molecule has 0 fully saturated rings. The van der Waals surface area contributed by atoms with Crippen molar-refractivity contribution in [1.82, 2.24) is 9.44 Å². The fraction of sp³-hybridized carbons (Fsp3) is 0.536. The summed E-state index contributed by atoms with van der Waals surface area (Å²) in [5.41, 5.74) is 6.40.